The van der Waals surface area contributed by atoms with Crippen molar-refractivity contribution in [2.45, 2.75) is 6.54 Å². The van der Waals surface area contributed by atoms with E-state index in [1.807, 2.05) is 48.1 Å². The van der Waals surface area contributed by atoms with Crippen LogP contribution in [-0.4, -0.2) is 37.0 Å². The summed E-state index contributed by atoms with van der Waals surface area (Å²) < 4.78 is 6.59. The molecule has 5 nitrogen and oxygen atoms in total. The Morgan fingerprint density at radius 2 is 2.21 bits per heavy atom. The zero-order valence-electron chi connectivity index (χ0n) is 11.3. The highest BCUT2D eigenvalue weighted by molar-refractivity contribution is 5.90. The lowest BCUT2D eigenvalue weighted by molar-refractivity contribution is 0.0601. The molecule has 2 aromatic rings. The molecule has 1 aromatic heterocycles. The normalized spacial score (nSPS) is 10.3. The molecule has 0 aliphatic heterocycles. The van der Waals surface area contributed by atoms with Crippen LogP contribution in [-0.2, 0) is 11.3 Å². The highest BCUT2D eigenvalue weighted by Gasteiger charge is 2.11. The number of esters is 1. The van der Waals surface area contributed by atoms with Crippen molar-refractivity contribution < 1.29 is 9.53 Å². The molecule has 0 saturated carbocycles. The van der Waals surface area contributed by atoms with Crippen LogP contribution in [0.15, 0.2) is 36.7 Å². The maximum atomic E-state index is 11.6. The van der Waals surface area contributed by atoms with E-state index < -0.39 is 0 Å². The number of rotatable bonds is 4. The third kappa shape index (κ3) is 2.93. The maximum Gasteiger partial charge on any atom is 0.337 e. The number of carbonyl (C=O) groups is 1. The van der Waals surface area contributed by atoms with E-state index in [0.717, 1.165) is 11.3 Å². The number of methoxy groups -OCH3 is 1. The van der Waals surface area contributed by atoms with Crippen molar-refractivity contribution in [3.8, 4) is 0 Å². The Morgan fingerprint density at radius 1 is 1.42 bits per heavy atom. The van der Waals surface area contributed by atoms with Gasteiger partial charge in [0.1, 0.15) is 0 Å². The predicted octanol–water partition coefficient (Wildman–Crippen LogP) is 1.78. The van der Waals surface area contributed by atoms with E-state index in [-0.39, 0.29) is 5.97 Å². The van der Waals surface area contributed by atoms with E-state index in [1.54, 1.807) is 12.3 Å². The summed E-state index contributed by atoms with van der Waals surface area (Å²) in [6, 6.07) is 7.43. The molecule has 1 heterocycles. The molecule has 0 spiro atoms. The van der Waals surface area contributed by atoms with Crippen molar-refractivity contribution in [2.24, 2.45) is 0 Å². The van der Waals surface area contributed by atoms with Gasteiger partial charge in [0.25, 0.3) is 0 Å². The van der Waals surface area contributed by atoms with Gasteiger partial charge in [0.2, 0.25) is 0 Å². The molecule has 5 heteroatoms. The van der Waals surface area contributed by atoms with Gasteiger partial charge in [-0.05, 0) is 23.8 Å². The molecule has 0 amide bonds. The average molecular weight is 259 g/mol. The fraction of sp³-hybridized carbons (Fsp3) is 0.286. The van der Waals surface area contributed by atoms with E-state index in [1.165, 1.54) is 7.11 Å². The summed E-state index contributed by atoms with van der Waals surface area (Å²) in [5, 5.41) is 4.19. The summed E-state index contributed by atoms with van der Waals surface area (Å²) in [4.78, 5) is 13.5. The third-order valence-electron chi connectivity index (χ3n) is 2.88. The Morgan fingerprint density at radius 3 is 2.79 bits per heavy atom. The number of ether oxygens (including phenoxy) is 1. The first-order valence-electron chi connectivity index (χ1n) is 5.98. The maximum absolute atomic E-state index is 11.6. The van der Waals surface area contributed by atoms with Crippen LogP contribution >= 0.6 is 0 Å². The van der Waals surface area contributed by atoms with Gasteiger partial charge < -0.3 is 9.64 Å². The summed E-state index contributed by atoms with van der Waals surface area (Å²) in [5.74, 6) is -0.325. The van der Waals surface area contributed by atoms with Gasteiger partial charge in [-0.15, -0.1) is 0 Å². The second-order valence-electron chi connectivity index (χ2n) is 4.43. The Bertz CT molecular complexity index is 562. The van der Waals surface area contributed by atoms with Gasteiger partial charge in [0, 0.05) is 32.2 Å². The summed E-state index contributed by atoms with van der Waals surface area (Å²) in [6.45, 7) is 0.669. The monoisotopic (exact) mass is 259 g/mol. The van der Waals surface area contributed by atoms with E-state index in [9.17, 15) is 4.79 Å². The number of hydrogen-bond donors (Lipinski definition) is 0. The molecule has 100 valence electrons. The van der Waals surface area contributed by atoms with Gasteiger partial charge in [0.05, 0.1) is 19.2 Å². The summed E-state index contributed by atoms with van der Waals surface area (Å²) in [5.41, 5.74) is 2.63. The first-order valence-corrected chi connectivity index (χ1v) is 5.98. The number of hydrogen-bond acceptors (Lipinski definition) is 4. The van der Waals surface area contributed by atoms with Gasteiger partial charge >= 0.3 is 5.97 Å². The van der Waals surface area contributed by atoms with Crippen LogP contribution in [0.4, 0.5) is 5.69 Å². The lowest BCUT2D eigenvalue weighted by Gasteiger charge is -2.18. The standard InChI is InChI=1S/C14H17N3O2/c1-16(2)13-9-11(14(18)19-3)5-6-12(13)10-17-8-4-7-15-17/h4-9H,10H2,1-3H3. The second kappa shape index (κ2) is 5.56. The summed E-state index contributed by atoms with van der Waals surface area (Å²) >= 11 is 0. The fourth-order valence-corrected chi connectivity index (χ4v) is 1.93. The number of aromatic nitrogens is 2. The van der Waals surface area contributed by atoms with Crippen LogP contribution in [0.25, 0.3) is 0 Å². The van der Waals surface area contributed by atoms with E-state index in [0.29, 0.717) is 12.1 Å². The average Bonchev–Trinajstić information content (AvgIpc) is 2.91. The quantitative estimate of drug-likeness (QED) is 0.785. The molecule has 19 heavy (non-hydrogen) atoms. The van der Waals surface area contributed by atoms with Crippen molar-refractivity contribution in [1.29, 1.82) is 0 Å². The molecule has 0 aliphatic carbocycles. The highest BCUT2D eigenvalue weighted by Crippen LogP contribution is 2.22. The SMILES string of the molecule is COC(=O)c1ccc(Cn2cccn2)c(N(C)C)c1. The van der Waals surface area contributed by atoms with Crippen LogP contribution in [0.1, 0.15) is 15.9 Å². The van der Waals surface area contributed by atoms with Crippen LogP contribution in [0.2, 0.25) is 0 Å². The molecule has 0 fully saturated rings. The lowest BCUT2D eigenvalue weighted by Crippen LogP contribution is -2.14. The third-order valence-corrected chi connectivity index (χ3v) is 2.88. The van der Waals surface area contributed by atoms with E-state index >= 15 is 0 Å². The topological polar surface area (TPSA) is 47.4 Å². The zero-order valence-corrected chi connectivity index (χ0v) is 11.3. The minimum Gasteiger partial charge on any atom is -0.465 e. The van der Waals surface area contributed by atoms with Crippen molar-refractivity contribution in [2.75, 3.05) is 26.1 Å². The van der Waals surface area contributed by atoms with Gasteiger partial charge in [-0.2, -0.15) is 5.10 Å². The van der Waals surface area contributed by atoms with Crippen molar-refractivity contribution in [3.05, 3.63) is 47.8 Å². The molecule has 0 N–H and O–H groups in total. The number of nitrogens with zero attached hydrogens (tertiary/aromatic N) is 3. The molecule has 0 aliphatic rings. The van der Waals surface area contributed by atoms with Gasteiger partial charge in [-0.3, -0.25) is 4.68 Å². The van der Waals surface area contributed by atoms with Crippen molar-refractivity contribution in [3.63, 3.8) is 0 Å². The molecule has 1 aromatic carbocycles. The smallest absolute Gasteiger partial charge is 0.337 e. The molecule has 0 atom stereocenters. The Hall–Kier alpha value is -2.30. The van der Waals surface area contributed by atoms with Crippen LogP contribution in [0, 0.1) is 0 Å². The zero-order chi connectivity index (χ0) is 13.8. The molecular weight excluding hydrogens is 242 g/mol. The Kier molecular flexibility index (Phi) is 3.85. The minimum atomic E-state index is -0.325. The molecule has 0 bridgehead atoms. The minimum absolute atomic E-state index is 0.325. The first-order chi connectivity index (χ1) is 9.11. The second-order valence-corrected chi connectivity index (χ2v) is 4.43. The van der Waals surface area contributed by atoms with E-state index in [2.05, 4.69) is 5.10 Å². The molecular formula is C14H17N3O2. The fourth-order valence-electron chi connectivity index (χ4n) is 1.93. The van der Waals surface area contributed by atoms with Crippen LogP contribution in [0.5, 0.6) is 0 Å². The highest BCUT2D eigenvalue weighted by atomic mass is 16.5. The number of benzene rings is 1. The van der Waals surface area contributed by atoms with Gasteiger partial charge in [-0.1, -0.05) is 6.07 Å². The summed E-state index contributed by atoms with van der Waals surface area (Å²) in [6.07, 6.45) is 3.66. The predicted molar refractivity (Wildman–Crippen MR) is 73.4 cm³/mol. The van der Waals surface area contributed by atoms with Crippen molar-refractivity contribution in [1.82, 2.24) is 9.78 Å². The summed E-state index contributed by atoms with van der Waals surface area (Å²) in [7, 11) is 5.28. The molecule has 0 unspecified atom stereocenters. The first kappa shape index (κ1) is 13.1. The van der Waals surface area contributed by atoms with Crippen LogP contribution < -0.4 is 4.90 Å². The van der Waals surface area contributed by atoms with Crippen LogP contribution in [0.3, 0.4) is 0 Å². The number of anilines is 1. The Labute approximate surface area is 112 Å². The number of carbonyl (C=O) groups excluding carboxylic acids is 1. The van der Waals surface area contributed by atoms with Gasteiger partial charge in [-0.25, -0.2) is 4.79 Å². The van der Waals surface area contributed by atoms with E-state index in [4.69, 9.17) is 4.74 Å². The largest absolute Gasteiger partial charge is 0.465 e. The Balaban J connectivity index is 2.35. The van der Waals surface area contributed by atoms with Gasteiger partial charge in [0.15, 0.2) is 0 Å². The lowest BCUT2D eigenvalue weighted by atomic mass is 10.1. The molecule has 2 rings (SSSR count). The molecule has 0 saturated heterocycles. The van der Waals surface area contributed by atoms with Crippen molar-refractivity contribution >= 4 is 11.7 Å². The molecule has 0 radical (unpaired) electrons.